The first-order chi connectivity index (χ1) is 8.04. The van der Waals surface area contributed by atoms with Crippen LogP contribution in [0.15, 0.2) is 28.8 Å². The summed E-state index contributed by atoms with van der Waals surface area (Å²) >= 11 is 0. The first kappa shape index (κ1) is 12.3. The third-order valence-corrected chi connectivity index (χ3v) is 4.64. The monoisotopic (exact) mass is 256 g/mol. The molecule has 0 amide bonds. The van der Waals surface area contributed by atoms with Crippen molar-refractivity contribution in [3.8, 4) is 0 Å². The van der Waals surface area contributed by atoms with Crippen LogP contribution in [-0.2, 0) is 16.6 Å². The number of aromatic amines is 1. The third kappa shape index (κ3) is 2.43. The Morgan fingerprint density at radius 2 is 2.29 bits per heavy atom. The van der Waals surface area contributed by atoms with Gasteiger partial charge in [-0.1, -0.05) is 11.6 Å². The second-order valence-electron chi connectivity index (χ2n) is 4.20. The molecule has 0 saturated carbocycles. The van der Waals surface area contributed by atoms with Crippen molar-refractivity contribution in [1.29, 1.82) is 0 Å². The van der Waals surface area contributed by atoms with Crippen LogP contribution in [0.5, 0.6) is 0 Å². The topological polar surface area (TPSA) is 73.4 Å². The number of H-pyrrole nitrogens is 1. The average molecular weight is 256 g/mol. The van der Waals surface area contributed by atoms with Crippen LogP contribution in [0.1, 0.15) is 19.0 Å². The standard InChI is InChI=1S/C11H16N2O3S/c1-9-3-2-4-13(7-9)17(15,16)11-5-10(8-14)12-6-11/h3,5-6,12,14H,2,4,7-8H2,1H3. The average Bonchev–Trinajstić information content (AvgIpc) is 2.78. The van der Waals surface area contributed by atoms with Gasteiger partial charge in [-0.15, -0.1) is 0 Å². The SMILES string of the molecule is CC1=CCCN(S(=O)(=O)c2c[nH]c(CO)c2)C1. The second-order valence-corrected chi connectivity index (χ2v) is 6.13. The highest BCUT2D eigenvalue weighted by Gasteiger charge is 2.26. The second kappa shape index (κ2) is 4.64. The van der Waals surface area contributed by atoms with Gasteiger partial charge in [-0.05, 0) is 19.4 Å². The molecule has 2 rings (SSSR count). The van der Waals surface area contributed by atoms with Crippen molar-refractivity contribution in [3.63, 3.8) is 0 Å². The summed E-state index contributed by atoms with van der Waals surface area (Å²) in [5, 5.41) is 8.92. The van der Waals surface area contributed by atoms with Gasteiger partial charge in [0.25, 0.3) is 0 Å². The molecule has 0 fully saturated rings. The summed E-state index contributed by atoms with van der Waals surface area (Å²) in [7, 11) is -3.43. The zero-order valence-corrected chi connectivity index (χ0v) is 10.5. The van der Waals surface area contributed by atoms with Crippen molar-refractivity contribution in [3.05, 3.63) is 29.6 Å². The summed E-state index contributed by atoms with van der Waals surface area (Å²) in [6.07, 6.45) is 4.24. The highest BCUT2D eigenvalue weighted by Crippen LogP contribution is 2.20. The molecule has 94 valence electrons. The Morgan fingerprint density at radius 3 is 2.88 bits per heavy atom. The lowest BCUT2D eigenvalue weighted by molar-refractivity contribution is 0.277. The van der Waals surface area contributed by atoms with E-state index in [9.17, 15) is 8.42 Å². The Labute approximate surface area is 101 Å². The van der Waals surface area contributed by atoms with E-state index in [-0.39, 0.29) is 11.5 Å². The summed E-state index contributed by atoms with van der Waals surface area (Å²) in [5.41, 5.74) is 1.57. The summed E-state index contributed by atoms with van der Waals surface area (Å²) in [6, 6.07) is 1.48. The lowest BCUT2D eigenvalue weighted by atomic mass is 10.2. The lowest BCUT2D eigenvalue weighted by Gasteiger charge is -2.24. The van der Waals surface area contributed by atoms with Crippen molar-refractivity contribution >= 4 is 10.0 Å². The molecule has 1 aromatic heterocycles. The molecule has 2 N–H and O–H groups in total. The number of aliphatic hydroxyl groups excluding tert-OH is 1. The van der Waals surface area contributed by atoms with E-state index in [2.05, 4.69) is 11.1 Å². The number of aliphatic hydroxyl groups is 1. The van der Waals surface area contributed by atoms with Gasteiger partial charge >= 0.3 is 0 Å². The van der Waals surface area contributed by atoms with Crippen LogP contribution < -0.4 is 0 Å². The summed E-state index contributed by atoms with van der Waals surface area (Å²) < 4.78 is 26.0. The Balaban J connectivity index is 2.27. The number of nitrogens with zero attached hydrogens (tertiary/aromatic N) is 1. The normalized spacial score (nSPS) is 18.1. The van der Waals surface area contributed by atoms with E-state index in [0.29, 0.717) is 18.8 Å². The molecule has 0 saturated heterocycles. The Bertz CT molecular complexity index is 531. The van der Waals surface area contributed by atoms with Gasteiger partial charge in [-0.3, -0.25) is 0 Å². The molecule has 0 aromatic carbocycles. The minimum Gasteiger partial charge on any atom is -0.390 e. The fourth-order valence-corrected chi connectivity index (χ4v) is 3.41. The van der Waals surface area contributed by atoms with E-state index in [1.54, 1.807) is 0 Å². The van der Waals surface area contributed by atoms with Gasteiger partial charge < -0.3 is 10.1 Å². The molecule has 0 unspecified atom stereocenters. The highest BCUT2D eigenvalue weighted by molar-refractivity contribution is 7.89. The molecule has 0 radical (unpaired) electrons. The number of aromatic nitrogens is 1. The quantitative estimate of drug-likeness (QED) is 0.787. The van der Waals surface area contributed by atoms with Crippen LogP contribution in [0, 0.1) is 0 Å². The Kier molecular flexibility index (Phi) is 3.37. The zero-order chi connectivity index (χ0) is 12.5. The Morgan fingerprint density at radius 1 is 1.53 bits per heavy atom. The van der Waals surface area contributed by atoms with Crippen LogP contribution in [0.2, 0.25) is 0 Å². The maximum Gasteiger partial charge on any atom is 0.244 e. The van der Waals surface area contributed by atoms with Crippen LogP contribution >= 0.6 is 0 Å². The van der Waals surface area contributed by atoms with Crippen molar-refractivity contribution in [2.24, 2.45) is 0 Å². The van der Waals surface area contributed by atoms with E-state index in [4.69, 9.17) is 5.11 Å². The number of rotatable bonds is 3. The van der Waals surface area contributed by atoms with Gasteiger partial charge in [0, 0.05) is 25.0 Å². The molecule has 2 heterocycles. The van der Waals surface area contributed by atoms with Crippen molar-refractivity contribution in [2.75, 3.05) is 13.1 Å². The van der Waals surface area contributed by atoms with Gasteiger partial charge in [0.1, 0.15) is 0 Å². The fourth-order valence-electron chi connectivity index (χ4n) is 1.89. The predicted molar refractivity (Wildman–Crippen MR) is 63.8 cm³/mol. The molecule has 0 aliphatic carbocycles. The molecular formula is C11H16N2O3S. The molecule has 0 bridgehead atoms. The van der Waals surface area contributed by atoms with Gasteiger partial charge in [0.05, 0.1) is 11.5 Å². The van der Waals surface area contributed by atoms with Crippen molar-refractivity contribution in [2.45, 2.75) is 24.8 Å². The smallest absolute Gasteiger partial charge is 0.244 e. The maximum absolute atomic E-state index is 12.3. The number of hydrogen-bond acceptors (Lipinski definition) is 3. The zero-order valence-electron chi connectivity index (χ0n) is 9.68. The van der Waals surface area contributed by atoms with E-state index >= 15 is 0 Å². The number of hydrogen-bond donors (Lipinski definition) is 2. The molecule has 1 aliphatic heterocycles. The van der Waals surface area contributed by atoms with E-state index in [0.717, 1.165) is 12.0 Å². The molecule has 6 heteroatoms. The number of sulfonamides is 1. The molecule has 1 aliphatic rings. The first-order valence-electron chi connectivity index (χ1n) is 5.48. The van der Waals surface area contributed by atoms with E-state index in [1.807, 2.05) is 6.92 Å². The molecule has 5 nitrogen and oxygen atoms in total. The molecule has 0 atom stereocenters. The van der Waals surface area contributed by atoms with Gasteiger partial charge in [0.2, 0.25) is 10.0 Å². The fraction of sp³-hybridized carbons (Fsp3) is 0.455. The molecule has 1 aromatic rings. The van der Waals surface area contributed by atoms with Crippen LogP contribution in [0.4, 0.5) is 0 Å². The van der Waals surface area contributed by atoms with E-state index in [1.165, 1.54) is 16.6 Å². The van der Waals surface area contributed by atoms with E-state index < -0.39 is 10.0 Å². The molecular weight excluding hydrogens is 240 g/mol. The van der Waals surface area contributed by atoms with Crippen LogP contribution in [0.3, 0.4) is 0 Å². The third-order valence-electron chi connectivity index (χ3n) is 2.82. The predicted octanol–water partition coefficient (Wildman–Crippen LogP) is 0.848. The summed E-state index contributed by atoms with van der Waals surface area (Å²) in [4.78, 5) is 2.96. The first-order valence-corrected chi connectivity index (χ1v) is 6.92. The van der Waals surface area contributed by atoms with Crippen molar-refractivity contribution in [1.82, 2.24) is 9.29 Å². The molecule has 0 spiro atoms. The maximum atomic E-state index is 12.3. The minimum atomic E-state index is -3.43. The lowest BCUT2D eigenvalue weighted by Crippen LogP contribution is -2.35. The summed E-state index contributed by atoms with van der Waals surface area (Å²) in [6.45, 7) is 2.70. The van der Waals surface area contributed by atoms with Crippen LogP contribution in [-0.4, -0.2) is 35.9 Å². The van der Waals surface area contributed by atoms with Gasteiger partial charge in [-0.25, -0.2) is 8.42 Å². The number of nitrogens with one attached hydrogen (secondary N) is 1. The van der Waals surface area contributed by atoms with Crippen molar-refractivity contribution < 1.29 is 13.5 Å². The Hall–Kier alpha value is -1.11. The minimum absolute atomic E-state index is 0.186. The summed E-state index contributed by atoms with van der Waals surface area (Å²) in [5.74, 6) is 0. The van der Waals surface area contributed by atoms with Gasteiger partial charge in [0.15, 0.2) is 0 Å². The van der Waals surface area contributed by atoms with Gasteiger partial charge in [-0.2, -0.15) is 4.31 Å². The largest absolute Gasteiger partial charge is 0.390 e. The molecule has 17 heavy (non-hydrogen) atoms. The highest BCUT2D eigenvalue weighted by atomic mass is 32.2. The van der Waals surface area contributed by atoms with Crippen LogP contribution in [0.25, 0.3) is 0 Å².